The van der Waals surface area contributed by atoms with Gasteiger partial charge in [-0.3, -0.25) is 4.79 Å². The van der Waals surface area contributed by atoms with Crippen molar-refractivity contribution in [2.24, 2.45) is 5.92 Å². The second kappa shape index (κ2) is 8.72. The Bertz CT molecular complexity index is 942. The van der Waals surface area contributed by atoms with Crippen LogP contribution in [0.2, 0.25) is 0 Å². The summed E-state index contributed by atoms with van der Waals surface area (Å²) >= 11 is 0. The van der Waals surface area contributed by atoms with Crippen molar-refractivity contribution in [3.63, 3.8) is 0 Å². The van der Waals surface area contributed by atoms with Crippen molar-refractivity contribution in [2.45, 2.75) is 19.4 Å². The monoisotopic (exact) mass is 392 g/mol. The fraction of sp³-hybridized carbons (Fsp3) is 0.333. The summed E-state index contributed by atoms with van der Waals surface area (Å²) in [5.41, 5.74) is 1.02. The first-order valence-electron chi connectivity index (χ1n) is 9.72. The molecular formula is C21H24N6O2. The average molecular weight is 392 g/mol. The van der Waals surface area contributed by atoms with E-state index in [2.05, 4.69) is 25.5 Å². The van der Waals surface area contributed by atoms with Crippen molar-refractivity contribution in [2.75, 3.05) is 25.1 Å². The third-order valence-electron chi connectivity index (χ3n) is 5.09. The van der Waals surface area contributed by atoms with Crippen LogP contribution in [-0.2, 0) is 11.3 Å². The summed E-state index contributed by atoms with van der Waals surface area (Å²) in [4.78, 5) is 14.8. The molecule has 1 saturated heterocycles. The van der Waals surface area contributed by atoms with E-state index in [1.54, 1.807) is 18.0 Å². The van der Waals surface area contributed by atoms with Crippen LogP contribution in [0.3, 0.4) is 0 Å². The topological polar surface area (TPSA) is 85.2 Å². The zero-order valence-corrected chi connectivity index (χ0v) is 16.4. The third-order valence-corrected chi connectivity index (χ3v) is 5.09. The van der Waals surface area contributed by atoms with E-state index in [1.165, 1.54) is 0 Å². The number of anilines is 1. The van der Waals surface area contributed by atoms with Crippen molar-refractivity contribution in [1.82, 2.24) is 25.3 Å². The van der Waals surface area contributed by atoms with Crippen LogP contribution in [0.4, 0.5) is 5.82 Å². The van der Waals surface area contributed by atoms with Gasteiger partial charge in [0, 0.05) is 32.0 Å². The quantitative estimate of drug-likeness (QED) is 0.692. The van der Waals surface area contributed by atoms with Crippen molar-refractivity contribution in [3.05, 3.63) is 60.4 Å². The molecule has 0 bridgehead atoms. The van der Waals surface area contributed by atoms with Crippen molar-refractivity contribution in [3.8, 4) is 11.6 Å². The second-order valence-corrected chi connectivity index (χ2v) is 7.05. The summed E-state index contributed by atoms with van der Waals surface area (Å²) in [5.74, 6) is 2.24. The standard InChI is InChI=1S/C21H24N6O2/c1-29-18-7-2-5-16(13-18)14-22-21(28)17-6-3-11-26(15-17)19-8-9-20(25-24-19)27-12-4-10-23-27/h2,4-5,7-10,12-13,17H,3,6,11,14-15H2,1H3,(H,22,28)/t17-/m0/s1. The number of rotatable bonds is 6. The van der Waals surface area contributed by atoms with Gasteiger partial charge < -0.3 is 15.0 Å². The molecule has 1 aromatic carbocycles. The van der Waals surface area contributed by atoms with E-state index in [1.807, 2.05) is 48.7 Å². The lowest BCUT2D eigenvalue weighted by Crippen LogP contribution is -2.43. The predicted octanol–water partition coefficient (Wildman–Crippen LogP) is 2.20. The van der Waals surface area contributed by atoms with Crippen LogP contribution in [0, 0.1) is 5.92 Å². The van der Waals surface area contributed by atoms with E-state index in [0.717, 1.165) is 36.5 Å². The number of carbonyl (C=O) groups is 1. The molecule has 8 nitrogen and oxygen atoms in total. The Morgan fingerprint density at radius 3 is 2.83 bits per heavy atom. The number of methoxy groups -OCH3 is 1. The van der Waals surface area contributed by atoms with Gasteiger partial charge in [-0.25, -0.2) is 4.68 Å². The van der Waals surface area contributed by atoms with Crippen LogP contribution in [0.5, 0.6) is 5.75 Å². The molecule has 0 radical (unpaired) electrons. The summed E-state index contributed by atoms with van der Waals surface area (Å²) in [6, 6.07) is 13.4. The molecule has 4 rings (SSSR count). The van der Waals surface area contributed by atoms with Crippen LogP contribution in [-0.4, -0.2) is 46.1 Å². The first-order valence-corrected chi connectivity index (χ1v) is 9.72. The van der Waals surface area contributed by atoms with Crippen LogP contribution >= 0.6 is 0 Å². The maximum atomic E-state index is 12.7. The molecule has 1 aliphatic heterocycles. The minimum atomic E-state index is -0.0676. The lowest BCUT2D eigenvalue weighted by atomic mass is 9.97. The summed E-state index contributed by atoms with van der Waals surface area (Å²) in [6.07, 6.45) is 5.35. The average Bonchev–Trinajstić information content (AvgIpc) is 3.33. The molecule has 1 aliphatic rings. The molecule has 8 heteroatoms. The van der Waals surface area contributed by atoms with Gasteiger partial charge in [-0.1, -0.05) is 12.1 Å². The first-order chi connectivity index (χ1) is 14.2. The van der Waals surface area contributed by atoms with Gasteiger partial charge in [0.25, 0.3) is 0 Å². The van der Waals surface area contributed by atoms with Crippen molar-refractivity contribution in [1.29, 1.82) is 0 Å². The molecule has 29 heavy (non-hydrogen) atoms. The third kappa shape index (κ3) is 4.53. The molecule has 1 amide bonds. The van der Waals surface area contributed by atoms with Gasteiger partial charge in [0.15, 0.2) is 11.6 Å². The van der Waals surface area contributed by atoms with Gasteiger partial charge in [0.05, 0.1) is 13.0 Å². The number of aromatic nitrogens is 4. The Labute approximate surface area is 169 Å². The normalized spacial score (nSPS) is 16.4. The highest BCUT2D eigenvalue weighted by Gasteiger charge is 2.26. The molecule has 0 unspecified atom stereocenters. The van der Waals surface area contributed by atoms with E-state index < -0.39 is 0 Å². The smallest absolute Gasteiger partial charge is 0.225 e. The molecule has 1 atom stereocenters. The lowest BCUT2D eigenvalue weighted by Gasteiger charge is -2.32. The number of nitrogens with zero attached hydrogens (tertiary/aromatic N) is 5. The first kappa shape index (κ1) is 18.9. The Morgan fingerprint density at radius 2 is 2.07 bits per heavy atom. The van der Waals surface area contributed by atoms with E-state index in [4.69, 9.17) is 4.74 Å². The number of nitrogens with one attached hydrogen (secondary N) is 1. The maximum absolute atomic E-state index is 12.7. The number of hydrogen-bond donors (Lipinski definition) is 1. The highest BCUT2D eigenvalue weighted by atomic mass is 16.5. The maximum Gasteiger partial charge on any atom is 0.225 e. The Balaban J connectivity index is 1.35. The second-order valence-electron chi connectivity index (χ2n) is 7.05. The molecule has 0 aliphatic carbocycles. The fourth-order valence-electron chi connectivity index (χ4n) is 3.53. The van der Waals surface area contributed by atoms with E-state index in [-0.39, 0.29) is 11.8 Å². The van der Waals surface area contributed by atoms with Crippen molar-refractivity contribution >= 4 is 11.7 Å². The number of piperidine rings is 1. The number of amides is 1. The summed E-state index contributed by atoms with van der Waals surface area (Å²) in [6.45, 7) is 2.00. The molecule has 3 aromatic rings. The summed E-state index contributed by atoms with van der Waals surface area (Å²) in [5, 5.41) is 15.8. The highest BCUT2D eigenvalue weighted by molar-refractivity contribution is 5.79. The van der Waals surface area contributed by atoms with E-state index >= 15 is 0 Å². The molecule has 1 fully saturated rings. The lowest BCUT2D eigenvalue weighted by molar-refractivity contribution is -0.125. The van der Waals surface area contributed by atoms with E-state index in [9.17, 15) is 4.79 Å². The molecule has 1 N–H and O–H groups in total. The Hall–Kier alpha value is -3.42. The van der Waals surface area contributed by atoms with Crippen LogP contribution in [0.1, 0.15) is 18.4 Å². The number of benzene rings is 1. The SMILES string of the molecule is COc1cccc(CNC(=O)[C@H]2CCCN(c3ccc(-n4cccn4)nn3)C2)c1. The largest absolute Gasteiger partial charge is 0.497 e. The van der Waals surface area contributed by atoms with Crippen LogP contribution < -0.4 is 15.0 Å². The predicted molar refractivity (Wildman–Crippen MR) is 109 cm³/mol. The molecule has 0 saturated carbocycles. The Kier molecular flexibility index (Phi) is 5.69. The highest BCUT2D eigenvalue weighted by Crippen LogP contribution is 2.22. The van der Waals surface area contributed by atoms with Crippen molar-refractivity contribution < 1.29 is 9.53 Å². The van der Waals surface area contributed by atoms with Gasteiger partial charge >= 0.3 is 0 Å². The van der Waals surface area contributed by atoms with Gasteiger partial charge in [-0.15, -0.1) is 10.2 Å². The molecule has 150 valence electrons. The van der Waals surface area contributed by atoms with Crippen LogP contribution in [0.25, 0.3) is 5.82 Å². The van der Waals surface area contributed by atoms with E-state index in [0.29, 0.717) is 18.9 Å². The van der Waals surface area contributed by atoms with Gasteiger partial charge in [0.2, 0.25) is 5.91 Å². The summed E-state index contributed by atoms with van der Waals surface area (Å²) in [7, 11) is 1.64. The van der Waals surface area contributed by atoms with Gasteiger partial charge in [0.1, 0.15) is 5.75 Å². The van der Waals surface area contributed by atoms with Gasteiger partial charge in [-0.05, 0) is 48.7 Å². The fourth-order valence-corrected chi connectivity index (χ4v) is 3.53. The molecule has 2 aromatic heterocycles. The number of hydrogen-bond acceptors (Lipinski definition) is 6. The summed E-state index contributed by atoms with van der Waals surface area (Å²) < 4.78 is 6.90. The Morgan fingerprint density at radius 1 is 1.21 bits per heavy atom. The minimum Gasteiger partial charge on any atom is -0.497 e. The molecule has 0 spiro atoms. The zero-order chi connectivity index (χ0) is 20.1. The van der Waals surface area contributed by atoms with Gasteiger partial charge in [-0.2, -0.15) is 5.10 Å². The number of carbonyl (C=O) groups excluding carboxylic acids is 1. The molecule has 3 heterocycles. The van der Waals surface area contributed by atoms with Crippen LogP contribution in [0.15, 0.2) is 54.9 Å². The number of ether oxygens (including phenoxy) is 1. The molecular weight excluding hydrogens is 368 g/mol. The minimum absolute atomic E-state index is 0.0676. The zero-order valence-electron chi connectivity index (χ0n) is 16.4.